The van der Waals surface area contributed by atoms with Gasteiger partial charge in [0.2, 0.25) is 5.78 Å². The predicted octanol–water partition coefficient (Wildman–Crippen LogP) is 4.86. The monoisotopic (exact) mass is 499 g/mol. The predicted molar refractivity (Wildman–Crippen MR) is 147 cm³/mol. The maximum Gasteiger partial charge on any atom is 0.332 e. The highest BCUT2D eigenvalue weighted by molar-refractivity contribution is 5.79. The fraction of sp³-hybridized carbons (Fsp3) is 0.345. The third kappa shape index (κ3) is 4.37. The molecule has 0 spiro atoms. The summed E-state index contributed by atoms with van der Waals surface area (Å²) in [5.41, 5.74) is 4.01. The Morgan fingerprint density at radius 2 is 1.68 bits per heavy atom. The van der Waals surface area contributed by atoms with Gasteiger partial charge in [0.15, 0.2) is 11.2 Å². The van der Waals surface area contributed by atoms with Gasteiger partial charge in [-0.15, -0.1) is 0 Å². The van der Waals surface area contributed by atoms with E-state index in [0.29, 0.717) is 22.7 Å². The Labute approximate surface area is 215 Å². The van der Waals surface area contributed by atoms with Crippen LogP contribution in [0.5, 0.6) is 5.75 Å². The number of methoxy groups -OCH3 is 1. The lowest BCUT2D eigenvalue weighted by molar-refractivity contribution is 0.414. The van der Waals surface area contributed by atoms with Gasteiger partial charge in [-0.1, -0.05) is 62.9 Å². The SMILES string of the molecule is CCCCCCCc1ccc(-c2cn3c4c(=O)n(C)c(=O)n(C)c4nc3n2-c2cccc(OC)c2)cc1. The minimum absolute atomic E-state index is 0.352. The van der Waals surface area contributed by atoms with Crippen molar-refractivity contribution in [3.8, 4) is 22.7 Å². The maximum atomic E-state index is 13.1. The van der Waals surface area contributed by atoms with Crippen LogP contribution in [0.1, 0.15) is 44.6 Å². The first-order chi connectivity index (χ1) is 17.9. The van der Waals surface area contributed by atoms with Crippen molar-refractivity contribution in [1.82, 2.24) is 23.1 Å². The summed E-state index contributed by atoms with van der Waals surface area (Å²) in [4.78, 5) is 30.5. The first-order valence-corrected chi connectivity index (χ1v) is 12.9. The summed E-state index contributed by atoms with van der Waals surface area (Å²) in [7, 11) is 4.76. The summed E-state index contributed by atoms with van der Waals surface area (Å²) in [5.74, 6) is 1.27. The van der Waals surface area contributed by atoms with Gasteiger partial charge in [0.05, 0.1) is 18.5 Å². The number of unbranched alkanes of at least 4 members (excludes halogenated alkanes) is 4. The highest BCUT2D eigenvalue weighted by Crippen LogP contribution is 2.30. The molecule has 0 saturated carbocycles. The van der Waals surface area contributed by atoms with E-state index in [0.717, 1.165) is 27.9 Å². The highest BCUT2D eigenvalue weighted by atomic mass is 16.5. The van der Waals surface area contributed by atoms with Gasteiger partial charge < -0.3 is 4.74 Å². The summed E-state index contributed by atoms with van der Waals surface area (Å²) >= 11 is 0. The second-order valence-corrected chi connectivity index (χ2v) is 9.57. The molecule has 3 heterocycles. The Hall–Kier alpha value is -4.07. The molecule has 192 valence electrons. The molecule has 0 saturated heterocycles. The number of hydrogen-bond acceptors (Lipinski definition) is 4. The molecule has 5 aromatic rings. The number of aryl methyl sites for hydroxylation is 2. The van der Waals surface area contributed by atoms with Crippen LogP contribution in [0.15, 0.2) is 64.3 Å². The number of fused-ring (bicyclic) bond motifs is 3. The van der Waals surface area contributed by atoms with E-state index in [1.165, 1.54) is 49.3 Å². The number of imidazole rings is 2. The van der Waals surface area contributed by atoms with E-state index in [-0.39, 0.29) is 5.56 Å². The Morgan fingerprint density at radius 3 is 2.41 bits per heavy atom. The van der Waals surface area contributed by atoms with Gasteiger partial charge in [0.1, 0.15) is 5.75 Å². The van der Waals surface area contributed by atoms with Crippen LogP contribution in [0.4, 0.5) is 0 Å². The summed E-state index contributed by atoms with van der Waals surface area (Å²) in [6.45, 7) is 2.24. The number of rotatable bonds is 9. The van der Waals surface area contributed by atoms with Crippen LogP contribution in [0, 0.1) is 0 Å². The molecule has 0 atom stereocenters. The van der Waals surface area contributed by atoms with Crippen molar-refractivity contribution in [3.05, 3.63) is 81.1 Å². The zero-order chi connectivity index (χ0) is 26.1. The van der Waals surface area contributed by atoms with Crippen LogP contribution < -0.4 is 16.0 Å². The third-order valence-corrected chi connectivity index (χ3v) is 7.10. The van der Waals surface area contributed by atoms with Crippen molar-refractivity contribution in [2.45, 2.75) is 45.4 Å². The first kappa shape index (κ1) is 24.6. The molecular formula is C29H33N5O3. The quantitative estimate of drug-likeness (QED) is 0.271. The minimum atomic E-state index is -0.406. The fourth-order valence-electron chi connectivity index (χ4n) is 4.95. The average molecular weight is 500 g/mol. The lowest BCUT2D eigenvalue weighted by atomic mass is 10.0. The zero-order valence-electron chi connectivity index (χ0n) is 21.9. The molecule has 0 aliphatic rings. The standard InChI is InChI=1S/C29H33N5O3/c1-5-6-7-8-9-11-20-14-16-21(17-15-20)24-19-33-25-26(31(2)29(36)32(3)27(25)35)30-28(33)34(24)22-12-10-13-23(18-22)37-4/h10,12-19H,5-9,11H2,1-4H3. The van der Waals surface area contributed by atoms with E-state index < -0.39 is 5.69 Å². The second-order valence-electron chi connectivity index (χ2n) is 9.57. The molecule has 5 rings (SSSR count). The number of nitrogens with zero attached hydrogens (tertiary/aromatic N) is 5. The van der Waals surface area contributed by atoms with E-state index in [1.54, 1.807) is 18.6 Å². The van der Waals surface area contributed by atoms with Crippen molar-refractivity contribution in [3.63, 3.8) is 0 Å². The van der Waals surface area contributed by atoms with E-state index >= 15 is 0 Å². The van der Waals surface area contributed by atoms with Gasteiger partial charge in [-0.25, -0.2) is 4.79 Å². The van der Waals surface area contributed by atoms with Crippen molar-refractivity contribution in [1.29, 1.82) is 0 Å². The van der Waals surface area contributed by atoms with Crippen molar-refractivity contribution >= 4 is 16.9 Å². The van der Waals surface area contributed by atoms with Crippen molar-refractivity contribution in [2.75, 3.05) is 7.11 Å². The number of benzene rings is 2. The molecule has 0 aliphatic heterocycles. The van der Waals surface area contributed by atoms with Gasteiger partial charge in [-0.2, -0.15) is 4.98 Å². The molecular weight excluding hydrogens is 466 g/mol. The highest BCUT2D eigenvalue weighted by Gasteiger charge is 2.22. The molecule has 8 nitrogen and oxygen atoms in total. The van der Waals surface area contributed by atoms with Crippen LogP contribution in [-0.2, 0) is 20.5 Å². The summed E-state index contributed by atoms with van der Waals surface area (Å²) in [6.07, 6.45) is 9.30. The first-order valence-electron chi connectivity index (χ1n) is 12.9. The maximum absolute atomic E-state index is 13.1. The van der Waals surface area contributed by atoms with Gasteiger partial charge >= 0.3 is 5.69 Å². The van der Waals surface area contributed by atoms with Gasteiger partial charge in [0.25, 0.3) is 5.56 Å². The van der Waals surface area contributed by atoms with E-state index in [4.69, 9.17) is 9.72 Å². The molecule has 3 aromatic heterocycles. The molecule has 0 radical (unpaired) electrons. The Balaban J connectivity index is 1.66. The number of aromatic nitrogens is 5. The molecule has 0 N–H and O–H groups in total. The number of ether oxygens (including phenoxy) is 1. The van der Waals surface area contributed by atoms with E-state index in [2.05, 4.69) is 31.2 Å². The summed E-state index contributed by atoms with van der Waals surface area (Å²) in [5, 5.41) is 0. The summed E-state index contributed by atoms with van der Waals surface area (Å²) < 4.78 is 11.8. The van der Waals surface area contributed by atoms with Gasteiger partial charge in [0, 0.05) is 31.9 Å². The molecule has 37 heavy (non-hydrogen) atoms. The largest absolute Gasteiger partial charge is 0.497 e. The van der Waals surface area contributed by atoms with E-state index in [1.807, 2.05) is 35.0 Å². The normalized spacial score (nSPS) is 11.6. The van der Waals surface area contributed by atoms with Crippen LogP contribution in [0.2, 0.25) is 0 Å². The fourth-order valence-corrected chi connectivity index (χ4v) is 4.95. The van der Waals surface area contributed by atoms with Crippen LogP contribution in [0.3, 0.4) is 0 Å². The van der Waals surface area contributed by atoms with Gasteiger partial charge in [-0.05, 0) is 30.5 Å². The second kappa shape index (κ2) is 10.1. The molecule has 0 fully saturated rings. The smallest absolute Gasteiger partial charge is 0.332 e. The minimum Gasteiger partial charge on any atom is -0.497 e. The Morgan fingerprint density at radius 1 is 0.919 bits per heavy atom. The lowest BCUT2D eigenvalue weighted by Crippen LogP contribution is -2.37. The lowest BCUT2D eigenvalue weighted by Gasteiger charge is -2.11. The summed E-state index contributed by atoms with van der Waals surface area (Å²) in [6, 6.07) is 16.3. The molecule has 0 bridgehead atoms. The van der Waals surface area contributed by atoms with E-state index in [9.17, 15) is 9.59 Å². The zero-order valence-corrected chi connectivity index (χ0v) is 21.9. The topological polar surface area (TPSA) is 75.5 Å². The molecule has 0 amide bonds. The third-order valence-electron chi connectivity index (χ3n) is 7.10. The van der Waals surface area contributed by atoms with Crippen molar-refractivity contribution < 1.29 is 4.74 Å². The van der Waals surface area contributed by atoms with Crippen LogP contribution >= 0.6 is 0 Å². The van der Waals surface area contributed by atoms with Gasteiger partial charge in [-0.3, -0.25) is 22.9 Å². The van der Waals surface area contributed by atoms with Crippen LogP contribution in [-0.4, -0.2) is 30.2 Å². The molecule has 0 aliphatic carbocycles. The van der Waals surface area contributed by atoms with Crippen molar-refractivity contribution in [2.24, 2.45) is 14.1 Å². The average Bonchev–Trinajstić information content (AvgIpc) is 3.47. The number of hydrogen-bond donors (Lipinski definition) is 0. The van der Waals surface area contributed by atoms with Crippen LogP contribution in [0.25, 0.3) is 33.9 Å². The molecule has 8 heteroatoms. The molecule has 2 aromatic carbocycles. The molecule has 0 unspecified atom stereocenters. The Bertz CT molecular complexity index is 1690. The Kier molecular flexibility index (Phi) is 6.74.